The van der Waals surface area contributed by atoms with Gasteiger partial charge in [0.1, 0.15) is 5.52 Å². The smallest absolute Gasteiger partial charge is 0.341 e. The molecule has 0 aliphatic heterocycles. The molecule has 1 aromatic carbocycles. The number of carboxylic acids is 1. The Labute approximate surface area is 199 Å². The van der Waals surface area contributed by atoms with Gasteiger partial charge in [-0.05, 0) is 43.6 Å². The quantitative estimate of drug-likeness (QED) is 0.243. The highest BCUT2D eigenvalue weighted by atomic mass is 16.5. The van der Waals surface area contributed by atoms with E-state index in [-0.39, 0.29) is 11.7 Å². The molecule has 2 heterocycles. The van der Waals surface area contributed by atoms with E-state index in [1.807, 2.05) is 73.0 Å². The summed E-state index contributed by atoms with van der Waals surface area (Å²) in [6.07, 6.45) is 10.4. The number of rotatable bonds is 10. The number of carbonyl (C=O) groups excluding carboxylic acids is 1. The van der Waals surface area contributed by atoms with E-state index in [1.54, 1.807) is 6.08 Å². The van der Waals surface area contributed by atoms with Crippen LogP contribution in [0.2, 0.25) is 0 Å². The molecule has 0 bridgehead atoms. The van der Waals surface area contributed by atoms with E-state index in [4.69, 9.17) is 4.74 Å². The van der Waals surface area contributed by atoms with E-state index >= 15 is 0 Å². The van der Waals surface area contributed by atoms with Crippen LogP contribution in [0.5, 0.6) is 5.88 Å². The van der Waals surface area contributed by atoms with Gasteiger partial charge in [-0.15, -0.1) is 5.73 Å². The molecule has 0 unspecified atom stereocenters. The molecule has 3 aromatic rings. The number of hydrogen-bond acceptors (Lipinski definition) is 4. The van der Waals surface area contributed by atoms with Crippen molar-refractivity contribution in [2.24, 2.45) is 0 Å². The summed E-state index contributed by atoms with van der Waals surface area (Å²) < 4.78 is 7.53. The summed E-state index contributed by atoms with van der Waals surface area (Å²) in [7, 11) is 0. The van der Waals surface area contributed by atoms with Crippen LogP contribution in [0.4, 0.5) is 0 Å². The van der Waals surface area contributed by atoms with Crippen LogP contribution in [-0.4, -0.2) is 32.9 Å². The van der Waals surface area contributed by atoms with Gasteiger partial charge in [-0.3, -0.25) is 4.79 Å². The Morgan fingerprint density at radius 1 is 1.26 bits per heavy atom. The first kappa shape index (κ1) is 24.5. The van der Waals surface area contributed by atoms with E-state index in [2.05, 4.69) is 17.3 Å². The van der Waals surface area contributed by atoms with Gasteiger partial charge >= 0.3 is 5.97 Å². The molecule has 0 aliphatic rings. The second-order valence-electron chi connectivity index (χ2n) is 7.65. The van der Waals surface area contributed by atoms with E-state index < -0.39 is 12.6 Å². The molecule has 0 radical (unpaired) electrons. The van der Waals surface area contributed by atoms with Crippen molar-refractivity contribution in [3.63, 3.8) is 0 Å². The molecule has 0 aliphatic carbocycles. The number of fused-ring (bicyclic) bond motifs is 1. The number of aromatic nitrogens is 2. The second kappa shape index (κ2) is 11.1. The molecular weight excluding hydrogens is 428 g/mol. The van der Waals surface area contributed by atoms with Crippen molar-refractivity contribution in [1.29, 1.82) is 0 Å². The lowest BCUT2D eigenvalue weighted by Gasteiger charge is -2.12. The number of ether oxygens (including phenoxy) is 1. The summed E-state index contributed by atoms with van der Waals surface area (Å²) in [5.41, 5.74) is 8.20. The van der Waals surface area contributed by atoms with Crippen molar-refractivity contribution in [2.75, 3.05) is 6.61 Å². The number of allylic oxidation sites excluding steroid dienone is 4. The van der Waals surface area contributed by atoms with E-state index in [0.29, 0.717) is 29.6 Å². The van der Waals surface area contributed by atoms with Crippen molar-refractivity contribution in [3.05, 3.63) is 95.5 Å². The van der Waals surface area contributed by atoms with Gasteiger partial charge < -0.3 is 14.2 Å². The van der Waals surface area contributed by atoms with Crippen LogP contribution in [0.1, 0.15) is 42.4 Å². The zero-order chi connectivity index (χ0) is 24.7. The Hall–Kier alpha value is -4.15. The molecule has 0 saturated carbocycles. The van der Waals surface area contributed by atoms with Crippen LogP contribution >= 0.6 is 0 Å². The van der Waals surface area contributed by atoms with Crippen LogP contribution in [0.15, 0.2) is 78.7 Å². The maximum Gasteiger partial charge on any atom is 0.341 e. The highest BCUT2D eigenvalue weighted by Gasteiger charge is 2.25. The number of nitrogens with zero attached hydrogens (tertiary/aromatic N) is 2. The molecule has 3 rings (SSSR count). The monoisotopic (exact) mass is 456 g/mol. The van der Waals surface area contributed by atoms with Gasteiger partial charge in [0.2, 0.25) is 5.88 Å². The van der Waals surface area contributed by atoms with Gasteiger partial charge in [0.15, 0.2) is 12.4 Å². The minimum absolute atomic E-state index is 0.118. The highest BCUT2D eigenvalue weighted by molar-refractivity contribution is 6.04. The Morgan fingerprint density at radius 2 is 2.00 bits per heavy atom. The molecule has 2 aromatic heterocycles. The second-order valence-corrected chi connectivity index (χ2v) is 7.65. The summed E-state index contributed by atoms with van der Waals surface area (Å²) in [5.74, 6) is -1.13. The first-order valence-electron chi connectivity index (χ1n) is 11.1. The third-order valence-electron chi connectivity index (χ3n) is 5.40. The molecular formula is C28H28N2O4. The predicted octanol–water partition coefficient (Wildman–Crippen LogP) is 5.62. The number of hydrogen-bond donors (Lipinski definition) is 1. The third-order valence-corrected chi connectivity index (χ3v) is 5.40. The molecule has 1 N–H and O–H groups in total. The van der Waals surface area contributed by atoms with Crippen molar-refractivity contribution < 1.29 is 19.4 Å². The van der Waals surface area contributed by atoms with E-state index in [1.165, 1.54) is 6.92 Å². The summed E-state index contributed by atoms with van der Waals surface area (Å²) in [4.78, 5) is 28.7. The van der Waals surface area contributed by atoms with Crippen molar-refractivity contribution in [1.82, 2.24) is 9.38 Å². The van der Waals surface area contributed by atoms with Gasteiger partial charge in [0, 0.05) is 23.9 Å². The van der Waals surface area contributed by atoms with Gasteiger partial charge in [0.05, 0.1) is 11.3 Å². The number of aliphatic carboxylic acids is 1. The summed E-state index contributed by atoms with van der Waals surface area (Å²) in [6.45, 7) is 8.76. The summed E-state index contributed by atoms with van der Waals surface area (Å²) in [5, 5.41) is 9.21. The maximum absolute atomic E-state index is 12.8. The first-order valence-corrected chi connectivity index (χ1v) is 11.1. The third kappa shape index (κ3) is 5.25. The van der Waals surface area contributed by atoms with Crippen molar-refractivity contribution in [2.45, 2.75) is 33.6 Å². The van der Waals surface area contributed by atoms with Crippen LogP contribution in [0.25, 0.3) is 16.8 Å². The van der Waals surface area contributed by atoms with Crippen molar-refractivity contribution >= 4 is 17.3 Å². The largest absolute Gasteiger partial charge is 0.479 e. The average molecular weight is 457 g/mol. The fraction of sp³-hybridized carbons (Fsp3) is 0.214. The van der Waals surface area contributed by atoms with E-state index in [0.717, 1.165) is 22.4 Å². The molecule has 0 amide bonds. The topological polar surface area (TPSA) is 80.9 Å². The molecule has 0 fully saturated rings. The summed E-state index contributed by atoms with van der Waals surface area (Å²) in [6, 6.07) is 9.55. The Kier molecular flexibility index (Phi) is 8.01. The Bertz CT molecular complexity index is 1320. The lowest BCUT2D eigenvalue weighted by atomic mass is 10.00. The van der Waals surface area contributed by atoms with Gasteiger partial charge in [-0.2, -0.15) is 0 Å². The molecule has 0 spiro atoms. The number of carboxylic acid groups (broad SMARTS) is 1. The number of ketones is 1. The standard InChI is InChI=1S/C28H28N2O4/c1-5-8-10-13-20(6-2)16-24-22(7-3)26(19(4)31)27-28(34-18-25(32)33)29-23(17-30(24)27)21-14-11-9-12-15-21/h5-6,9-15,17H,2,7,16,18H2,1,3-4H3,(H,32,33)/b20-13+. The number of benzene rings is 1. The molecule has 174 valence electrons. The normalized spacial score (nSPS) is 11.1. The number of Topliss-reactive ketones (excluding diaryl/α,β-unsaturated/α-hetero) is 1. The van der Waals surface area contributed by atoms with Crippen LogP contribution in [-0.2, 0) is 17.6 Å². The molecule has 6 heteroatoms. The minimum Gasteiger partial charge on any atom is -0.479 e. The first-order chi connectivity index (χ1) is 16.4. The van der Waals surface area contributed by atoms with Crippen molar-refractivity contribution in [3.8, 4) is 17.1 Å². The minimum atomic E-state index is -1.12. The molecule has 0 saturated heterocycles. The zero-order valence-corrected chi connectivity index (χ0v) is 19.7. The Morgan fingerprint density at radius 3 is 2.59 bits per heavy atom. The maximum atomic E-state index is 12.8. The predicted molar refractivity (Wildman–Crippen MR) is 133 cm³/mol. The van der Waals surface area contributed by atoms with Crippen LogP contribution in [0.3, 0.4) is 0 Å². The van der Waals surface area contributed by atoms with Crippen LogP contribution < -0.4 is 4.74 Å². The summed E-state index contributed by atoms with van der Waals surface area (Å²) >= 11 is 0. The molecule has 0 atom stereocenters. The van der Waals surface area contributed by atoms with Gasteiger partial charge in [0.25, 0.3) is 0 Å². The highest BCUT2D eigenvalue weighted by Crippen LogP contribution is 2.34. The fourth-order valence-corrected chi connectivity index (χ4v) is 3.93. The lowest BCUT2D eigenvalue weighted by Crippen LogP contribution is -2.12. The SMILES string of the molecule is C=C/C(=C\C=C=CC)Cc1c(CC)c(C(C)=O)c2c(OCC(=O)O)nc(-c3ccccc3)cn12. The molecule has 34 heavy (non-hydrogen) atoms. The van der Waals surface area contributed by atoms with Gasteiger partial charge in [-0.1, -0.05) is 56.0 Å². The van der Waals surface area contributed by atoms with E-state index in [9.17, 15) is 14.7 Å². The fourth-order valence-electron chi connectivity index (χ4n) is 3.93. The Balaban J connectivity index is 2.37. The lowest BCUT2D eigenvalue weighted by molar-refractivity contribution is -0.139. The van der Waals surface area contributed by atoms with Gasteiger partial charge in [-0.25, -0.2) is 9.78 Å². The zero-order valence-electron chi connectivity index (χ0n) is 19.7. The molecule has 6 nitrogen and oxygen atoms in total. The average Bonchev–Trinajstić information content (AvgIpc) is 3.15. The van der Waals surface area contributed by atoms with Crippen LogP contribution in [0, 0.1) is 0 Å². The number of carbonyl (C=O) groups is 2.